The number of pyridine rings is 2. The quantitative estimate of drug-likeness (QED) is 0.0173. The number of aryl methyl sites for hydroxylation is 1. The second-order valence-corrected chi connectivity index (χ2v) is 21.9. The lowest BCUT2D eigenvalue weighted by molar-refractivity contribution is -0.172. The molecule has 446 valence electrons. The maximum Gasteiger partial charge on any atom is 0.343 e. The number of nitrogens with zero attached hydrogens (tertiary/aromatic N) is 3. The van der Waals surface area contributed by atoms with Gasteiger partial charge < -0.3 is 45.5 Å². The summed E-state index contributed by atoms with van der Waals surface area (Å²) in [5.41, 5.74) is 1.75. The lowest BCUT2D eigenvalue weighted by Gasteiger charge is -2.31. The van der Waals surface area contributed by atoms with Crippen LogP contribution >= 0.6 is 0 Å². The number of imide groups is 1. The van der Waals surface area contributed by atoms with Crippen molar-refractivity contribution in [2.45, 2.75) is 148 Å². The Labute approximate surface area is 481 Å². The minimum atomic E-state index is -2.06. The Morgan fingerprint density at radius 1 is 0.881 bits per heavy atom. The number of rotatable bonds is 29. The summed E-state index contributed by atoms with van der Waals surface area (Å²) in [5.74, 6) is -8.83. The zero-order valence-electron chi connectivity index (χ0n) is 47.0. The van der Waals surface area contributed by atoms with Crippen molar-refractivity contribution in [2.75, 3.05) is 26.4 Å². The molecule has 6 N–H and O–H groups in total. The highest BCUT2D eigenvalue weighted by Gasteiger charge is 2.46. The fourth-order valence-electron chi connectivity index (χ4n) is 11.4. The number of carboxylic acids is 1. The number of Topliss-reactive ketones (excluding diaryl/α,β-unsaturated/α-hetero) is 3. The van der Waals surface area contributed by atoms with Gasteiger partial charge in [0.2, 0.25) is 35.4 Å². The van der Waals surface area contributed by atoms with Crippen LogP contribution < -0.4 is 26.8 Å². The Hall–Kier alpha value is -8.38. The summed E-state index contributed by atoms with van der Waals surface area (Å²) in [6.07, 6.45) is -0.0324. The number of halogens is 1. The van der Waals surface area contributed by atoms with Gasteiger partial charge in [0, 0.05) is 80.0 Å². The molecule has 23 nitrogen and oxygen atoms in total. The fraction of sp³-hybridized carbons (Fsp3) is 0.483. The summed E-state index contributed by atoms with van der Waals surface area (Å²) in [6, 6.07) is 9.87. The van der Waals surface area contributed by atoms with Gasteiger partial charge in [-0.15, -0.1) is 0 Å². The molecule has 0 bridgehead atoms. The fourth-order valence-corrected chi connectivity index (χ4v) is 11.4. The summed E-state index contributed by atoms with van der Waals surface area (Å²) >= 11 is 0. The van der Waals surface area contributed by atoms with Crippen LogP contribution in [0.3, 0.4) is 0 Å². The van der Waals surface area contributed by atoms with Crippen molar-refractivity contribution in [1.29, 1.82) is 0 Å². The molecule has 4 aromatic rings. The summed E-state index contributed by atoms with van der Waals surface area (Å²) in [5, 5.41) is 32.0. The van der Waals surface area contributed by atoms with Gasteiger partial charge in [-0.25, -0.2) is 14.2 Å². The van der Waals surface area contributed by atoms with E-state index in [2.05, 4.69) is 21.3 Å². The molecule has 0 saturated carbocycles. The van der Waals surface area contributed by atoms with Crippen molar-refractivity contribution in [3.05, 3.63) is 97.6 Å². The Balaban J connectivity index is 0.791. The number of cyclic esters (lactones) is 1. The molecule has 6 amide bonds. The first-order valence-electron chi connectivity index (χ1n) is 28.3. The maximum atomic E-state index is 15.4. The zero-order valence-corrected chi connectivity index (χ0v) is 47.0. The van der Waals surface area contributed by atoms with Gasteiger partial charge in [-0.2, -0.15) is 0 Å². The molecular weight excluding hydrogens is 1090 g/mol. The molecule has 1 fully saturated rings. The van der Waals surface area contributed by atoms with E-state index >= 15 is 4.39 Å². The lowest BCUT2D eigenvalue weighted by Crippen LogP contribution is -2.44. The number of benzene rings is 2. The Kier molecular flexibility index (Phi) is 19.8. The normalized spacial score (nSPS) is 18.2. The third kappa shape index (κ3) is 14.0. The molecule has 8 rings (SSSR count). The Morgan fingerprint density at radius 3 is 2.35 bits per heavy atom. The molecule has 5 atom stereocenters. The average molecular weight is 1160 g/mol. The predicted octanol–water partition coefficient (Wildman–Crippen LogP) is 3.27. The second-order valence-electron chi connectivity index (χ2n) is 21.9. The average Bonchev–Trinajstić information content (AvgIpc) is 1.48. The smallest absolute Gasteiger partial charge is 0.343 e. The van der Waals surface area contributed by atoms with Crippen LogP contribution in [0.5, 0.6) is 0 Å². The van der Waals surface area contributed by atoms with Crippen LogP contribution in [0.4, 0.5) is 4.39 Å². The summed E-state index contributed by atoms with van der Waals surface area (Å²) in [7, 11) is 0. The third-order valence-electron chi connectivity index (χ3n) is 16.1. The van der Waals surface area contributed by atoms with Crippen molar-refractivity contribution in [3.8, 4) is 11.4 Å². The van der Waals surface area contributed by atoms with E-state index in [1.165, 1.54) is 15.5 Å². The van der Waals surface area contributed by atoms with Crippen molar-refractivity contribution >= 4 is 75.6 Å². The van der Waals surface area contributed by atoms with Crippen LogP contribution in [0.15, 0.2) is 47.3 Å². The second kappa shape index (κ2) is 26.9. The molecule has 4 aliphatic rings. The predicted molar refractivity (Wildman–Crippen MR) is 295 cm³/mol. The number of fused-ring (bicyclic) bond motifs is 5. The summed E-state index contributed by atoms with van der Waals surface area (Å²) < 4.78 is 27.6. The number of aromatic nitrogens is 2. The number of carbonyl (C=O) groups excluding carboxylic acids is 10. The minimum absolute atomic E-state index is 0.0406. The van der Waals surface area contributed by atoms with Gasteiger partial charge in [0.1, 0.15) is 31.5 Å². The van der Waals surface area contributed by atoms with Gasteiger partial charge in [0.25, 0.3) is 5.56 Å². The third-order valence-corrected chi connectivity index (χ3v) is 16.1. The SMILES string of the molecule is CC[C@@]1(O)C(=O)OCc2c1cc1n(c2=O)Cc2c-1nc1cc(F)c(C)c3c1c2[C@@H](NC(=O)COCNC(=O)CCC(=O)[C@H](Cc1ccccc1)NC(=O)CCC(=O)CNC(=O)[C@H](CC(=O)O)CC(=O)CCCCCN1C(=O)CC(C)C1=O)CC3. The topological polar surface area (TPSA) is 333 Å². The van der Waals surface area contributed by atoms with Gasteiger partial charge in [-0.05, 0) is 73.8 Å². The number of likely N-dealkylation sites (tertiary alicyclic amines) is 1. The molecule has 0 spiro atoms. The molecule has 1 saturated heterocycles. The maximum absolute atomic E-state index is 15.4. The van der Waals surface area contributed by atoms with Crippen LogP contribution in [-0.2, 0) is 93.8 Å². The Bertz CT molecular complexity index is 3400. The highest BCUT2D eigenvalue weighted by molar-refractivity contribution is 6.03. The number of unbranched alkanes of at least 4 members (excludes halogenated alkanes) is 2. The lowest BCUT2D eigenvalue weighted by atomic mass is 9.81. The number of ketones is 3. The molecule has 1 aliphatic carbocycles. The van der Waals surface area contributed by atoms with E-state index in [1.54, 1.807) is 57.2 Å². The minimum Gasteiger partial charge on any atom is -0.481 e. The summed E-state index contributed by atoms with van der Waals surface area (Å²) in [6.45, 7) is 3.44. The van der Waals surface area contributed by atoms with E-state index in [0.717, 1.165) is 0 Å². The number of carboxylic acid groups (broad SMARTS) is 1. The number of amides is 6. The van der Waals surface area contributed by atoms with Crippen LogP contribution in [0, 0.1) is 24.6 Å². The highest BCUT2D eigenvalue weighted by Crippen LogP contribution is 2.46. The van der Waals surface area contributed by atoms with Gasteiger partial charge in [-0.3, -0.25) is 57.6 Å². The van der Waals surface area contributed by atoms with Crippen LogP contribution in [0.25, 0.3) is 22.3 Å². The number of aliphatic carboxylic acids is 1. The Morgan fingerprint density at radius 2 is 1.63 bits per heavy atom. The molecule has 2 aromatic heterocycles. The van der Waals surface area contributed by atoms with Gasteiger partial charge in [0.05, 0.1) is 60.0 Å². The zero-order chi connectivity index (χ0) is 60.6. The molecule has 1 unspecified atom stereocenters. The molecular formula is C60H68FN7O16. The standard InChI is InChI=1S/C60H68FN7O16/c1-4-60(82)41-25-46-55-39(28-68(46)58(80)40(41)29-84-59(60)81)54-43(16-15-38-33(3)42(61)26-45(66-55)53(38)54)64-50(74)30-83-31-63-48(72)19-17-47(71)44(22-34-11-7-5-8-12-34)65-49(73)18-14-37(70)27-62-56(78)35(24-52(76)77)23-36(69)13-9-6-10-20-67-51(75)21-32(2)57(67)79/h5,7-8,11-12,25-26,32,35,43-44,82H,4,6,9-10,13-24,27-31H2,1-3H3,(H,62,78)(H,63,72)(H,64,74)(H,65,73)(H,76,77)/t32?,35-,43-,44-,60-/m0/s1. The number of hydrogen-bond acceptors (Lipinski definition) is 16. The van der Waals surface area contributed by atoms with Crippen LogP contribution in [0.1, 0.15) is 142 Å². The molecule has 84 heavy (non-hydrogen) atoms. The summed E-state index contributed by atoms with van der Waals surface area (Å²) in [4.78, 5) is 160. The number of hydrogen-bond donors (Lipinski definition) is 6. The van der Waals surface area contributed by atoms with Gasteiger partial charge in [0.15, 0.2) is 17.2 Å². The number of carbonyl (C=O) groups is 11. The van der Waals surface area contributed by atoms with E-state index < -0.39 is 108 Å². The van der Waals surface area contributed by atoms with E-state index in [1.807, 2.05) is 0 Å². The van der Waals surface area contributed by atoms with Crippen molar-refractivity contribution < 1.29 is 76.8 Å². The first-order valence-corrected chi connectivity index (χ1v) is 28.3. The van der Waals surface area contributed by atoms with E-state index in [-0.39, 0.29) is 112 Å². The number of aliphatic hydroxyl groups is 1. The first-order chi connectivity index (χ1) is 40.1. The van der Waals surface area contributed by atoms with Gasteiger partial charge >= 0.3 is 11.9 Å². The van der Waals surface area contributed by atoms with Crippen molar-refractivity contribution in [3.63, 3.8) is 0 Å². The molecule has 3 aliphatic heterocycles. The van der Waals surface area contributed by atoms with Crippen molar-refractivity contribution in [2.24, 2.45) is 11.8 Å². The van der Waals surface area contributed by atoms with Crippen molar-refractivity contribution in [1.82, 2.24) is 35.7 Å². The number of nitrogens with one attached hydrogen (secondary N) is 4. The molecule has 0 radical (unpaired) electrons. The molecule has 24 heteroatoms. The first kappa shape index (κ1) is 61.7. The van der Waals surface area contributed by atoms with E-state index in [4.69, 9.17) is 14.5 Å². The van der Waals surface area contributed by atoms with E-state index in [0.29, 0.717) is 82.2 Å². The molecule has 5 heterocycles. The van der Waals surface area contributed by atoms with Gasteiger partial charge in [-0.1, -0.05) is 50.6 Å². The molecule has 2 aromatic carbocycles. The monoisotopic (exact) mass is 1160 g/mol. The largest absolute Gasteiger partial charge is 0.481 e. The van der Waals surface area contributed by atoms with E-state index in [9.17, 15) is 67.7 Å². The number of esters is 1. The van der Waals surface area contributed by atoms with Crippen LogP contribution in [-0.4, -0.2) is 122 Å². The highest BCUT2D eigenvalue weighted by atomic mass is 19.1. The number of ether oxygens (including phenoxy) is 2. The van der Waals surface area contributed by atoms with Crippen LogP contribution in [0.2, 0.25) is 0 Å².